The molecule has 1 heterocycles. The molecule has 0 radical (unpaired) electrons. The standard InChI is InChI=1S/C10H10BrNS2/c1-13-10-7(12)2-3-8-9(10)6(4-11)5-14-8/h2-3,5H,4,12H2,1H3. The van der Waals surface area contributed by atoms with Gasteiger partial charge in [-0.1, -0.05) is 15.9 Å². The first-order valence-electron chi connectivity index (χ1n) is 4.16. The number of thiophene rings is 1. The highest BCUT2D eigenvalue weighted by Crippen LogP contribution is 2.38. The summed E-state index contributed by atoms with van der Waals surface area (Å²) in [5.41, 5.74) is 8.16. The Hall–Kier alpha value is -0.190. The molecule has 14 heavy (non-hydrogen) atoms. The van der Waals surface area contributed by atoms with Crippen molar-refractivity contribution >= 4 is 54.8 Å². The lowest BCUT2D eigenvalue weighted by Gasteiger charge is -2.05. The average Bonchev–Trinajstić information content (AvgIpc) is 2.61. The van der Waals surface area contributed by atoms with Crippen LogP contribution in [0.15, 0.2) is 22.4 Å². The normalized spacial score (nSPS) is 11.0. The maximum Gasteiger partial charge on any atom is 0.0459 e. The molecule has 0 unspecified atom stereocenters. The first kappa shape index (κ1) is 10.3. The zero-order valence-electron chi connectivity index (χ0n) is 7.71. The topological polar surface area (TPSA) is 26.0 Å². The van der Waals surface area contributed by atoms with Gasteiger partial charge in [0.1, 0.15) is 0 Å². The van der Waals surface area contributed by atoms with Crippen molar-refractivity contribution in [2.75, 3.05) is 12.0 Å². The smallest absolute Gasteiger partial charge is 0.0459 e. The number of hydrogen-bond acceptors (Lipinski definition) is 3. The van der Waals surface area contributed by atoms with Crippen LogP contribution in [0.5, 0.6) is 0 Å². The van der Waals surface area contributed by atoms with E-state index in [9.17, 15) is 0 Å². The van der Waals surface area contributed by atoms with Crippen molar-refractivity contribution in [3.05, 3.63) is 23.1 Å². The highest BCUT2D eigenvalue weighted by Gasteiger charge is 2.09. The molecule has 4 heteroatoms. The Morgan fingerprint density at radius 2 is 2.29 bits per heavy atom. The molecule has 0 spiro atoms. The third-order valence-corrected chi connectivity index (χ3v) is 4.60. The first-order valence-corrected chi connectivity index (χ1v) is 7.39. The molecule has 74 valence electrons. The Kier molecular flexibility index (Phi) is 3.04. The fourth-order valence-corrected chi connectivity index (χ4v) is 3.93. The molecule has 0 aliphatic carbocycles. The van der Waals surface area contributed by atoms with Gasteiger partial charge in [0.2, 0.25) is 0 Å². The molecule has 0 fully saturated rings. The largest absolute Gasteiger partial charge is 0.398 e. The van der Waals surface area contributed by atoms with E-state index in [4.69, 9.17) is 5.73 Å². The van der Waals surface area contributed by atoms with Gasteiger partial charge in [-0.3, -0.25) is 0 Å². The third-order valence-electron chi connectivity index (χ3n) is 2.15. The van der Waals surface area contributed by atoms with E-state index in [2.05, 4.69) is 33.6 Å². The van der Waals surface area contributed by atoms with E-state index in [1.165, 1.54) is 20.5 Å². The zero-order chi connectivity index (χ0) is 10.1. The molecule has 0 atom stereocenters. The number of thioether (sulfide) groups is 1. The Balaban J connectivity index is 2.81. The molecule has 1 aromatic heterocycles. The number of nitrogen functional groups attached to an aromatic ring is 1. The summed E-state index contributed by atoms with van der Waals surface area (Å²) < 4.78 is 1.32. The number of nitrogens with two attached hydrogens (primary N) is 1. The van der Waals surface area contributed by atoms with E-state index in [-0.39, 0.29) is 0 Å². The maximum absolute atomic E-state index is 5.95. The van der Waals surface area contributed by atoms with Crippen LogP contribution < -0.4 is 5.73 Å². The van der Waals surface area contributed by atoms with E-state index in [0.29, 0.717) is 0 Å². The highest BCUT2D eigenvalue weighted by molar-refractivity contribution is 9.08. The summed E-state index contributed by atoms with van der Waals surface area (Å²) in [7, 11) is 0. The van der Waals surface area contributed by atoms with Crippen molar-refractivity contribution in [1.82, 2.24) is 0 Å². The summed E-state index contributed by atoms with van der Waals surface area (Å²) in [6, 6.07) is 4.09. The first-order chi connectivity index (χ1) is 6.77. The Bertz CT molecular complexity index is 464. The fraction of sp³-hybridized carbons (Fsp3) is 0.200. The van der Waals surface area contributed by atoms with Crippen molar-refractivity contribution < 1.29 is 0 Å². The van der Waals surface area contributed by atoms with Crippen molar-refractivity contribution in [1.29, 1.82) is 0 Å². The van der Waals surface area contributed by atoms with Crippen LogP contribution in [0.1, 0.15) is 5.56 Å². The number of benzene rings is 1. The molecule has 2 aromatic rings. The fourth-order valence-electron chi connectivity index (χ4n) is 1.49. The number of rotatable bonds is 2. The molecular formula is C10H10BrNS2. The van der Waals surface area contributed by atoms with Gasteiger partial charge in [-0.25, -0.2) is 0 Å². The minimum Gasteiger partial charge on any atom is -0.398 e. The molecule has 0 aliphatic heterocycles. The van der Waals surface area contributed by atoms with Crippen LogP contribution >= 0.6 is 39.0 Å². The van der Waals surface area contributed by atoms with Crippen LogP contribution in [0, 0.1) is 0 Å². The lowest BCUT2D eigenvalue weighted by molar-refractivity contribution is 1.47. The number of fused-ring (bicyclic) bond motifs is 1. The summed E-state index contributed by atoms with van der Waals surface area (Å²) in [5.74, 6) is 0. The maximum atomic E-state index is 5.95. The number of alkyl halides is 1. The predicted octanol–water partition coefficient (Wildman–Crippen LogP) is 4.10. The molecule has 0 amide bonds. The molecule has 0 aliphatic rings. The third kappa shape index (κ3) is 1.55. The summed E-state index contributed by atoms with van der Waals surface area (Å²) in [6.45, 7) is 0. The van der Waals surface area contributed by atoms with Crippen molar-refractivity contribution in [3.8, 4) is 0 Å². The van der Waals surface area contributed by atoms with Crippen LogP contribution in [0.2, 0.25) is 0 Å². The Morgan fingerprint density at radius 1 is 1.50 bits per heavy atom. The van der Waals surface area contributed by atoms with E-state index in [1.54, 1.807) is 23.1 Å². The van der Waals surface area contributed by atoms with Gasteiger partial charge in [0.05, 0.1) is 0 Å². The average molecular weight is 288 g/mol. The number of anilines is 1. The van der Waals surface area contributed by atoms with Gasteiger partial charge in [0.25, 0.3) is 0 Å². The second-order valence-corrected chi connectivity index (χ2v) is 5.24. The van der Waals surface area contributed by atoms with Crippen molar-refractivity contribution in [2.24, 2.45) is 0 Å². The van der Waals surface area contributed by atoms with Gasteiger partial charge in [-0.05, 0) is 29.3 Å². The summed E-state index contributed by atoms with van der Waals surface area (Å²) in [4.78, 5) is 1.21. The summed E-state index contributed by atoms with van der Waals surface area (Å²) >= 11 is 7.00. The van der Waals surface area contributed by atoms with Crippen LogP contribution in [0.25, 0.3) is 10.1 Å². The minimum absolute atomic E-state index is 0.880. The van der Waals surface area contributed by atoms with Crippen molar-refractivity contribution in [2.45, 2.75) is 10.2 Å². The van der Waals surface area contributed by atoms with E-state index < -0.39 is 0 Å². The Morgan fingerprint density at radius 3 is 2.93 bits per heavy atom. The van der Waals surface area contributed by atoms with Gasteiger partial charge >= 0.3 is 0 Å². The second-order valence-electron chi connectivity index (χ2n) is 2.96. The molecule has 2 N–H and O–H groups in total. The molecule has 1 nitrogen and oxygen atoms in total. The molecule has 0 saturated heterocycles. The van der Waals surface area contributed by atoms with Crippen LogP contribution in [-0.4, -0.2) is 6.26 Å². The van der Waals surface area contributed by atoms with Crippen LogP contribution in [-0.2, 0) is 5.33 Å². The van der Waals surface area contributed by atoms with E-state index >= 15 is 0 Å². The molecular weight excluding hydrogens is 278 g/mol. The van der Waals surface area contributed by atoms with Gasteiger partial charge in [-0.2, -0.15) is 0 Å². The van der Waals surface area contributed by atoms with E-state index in [0.717, 1.165) is 11.0 Å². The lowest BCUT2D eigenvalue weighted by Crippen LogP contribution is -1.88. The minimum atomic E-state index is 0.880. The van der Waals surface area contributed by atoms with Gasteiger partial charge < -0.3 is 5.73 Å². The van der Waals surface area contributed by atoms with Gasteiger partial charge in [-0.15, -0.1) is 23.1 Å². The SMILES string of the molecule is CSc1c(N)ccc2scc(CBr)c12. The van der Waals surface area contributed by atoms with Gasteiger partial charge in [0.15, 0.2) is 0 Å². The second kappa shape index (κ2) is 4.13. The monoisotopic (exact) mass is 287 g/mol. The predicted molar refractivity (Wildman–Crippen MR) is 70.6 cm³/mol. The lowest BCUT2D eigenvalue weighted by atomic mass is 10.2. The molecule has 1 aromatic carbocycles. The number of hydrogen-bond donors (Lipinski definition) is 1. The van der Waals surface area contributed by atoms with Crippen LogP contribution in [0.4, 0.5) is 5.69 Å². The van der Waals surface area contributed by atoms with Gasteiger partial charge in [0, 0.05) is 26.0 Å². The summed E-state index contributed by atoms with van der Waals surface area (Å²) in [5, 5.41) is 4.40. The Labute approximate surface area is 99.8 Å². The highest BCUT2D eigenvalue weighted by atomic mass is 79.9. The van der Waals surface area contributed by atoms with Crippen molar-refractivity contribution in [3.63, 3.8) is 0 Å². The quantitative estimate of drug-likeness (QED) is 0.511. The zero-order valence-corrected chi connectivity index (χ0v) is 10.9. The molecule has 0 bridgehead atoms. The number of halogens is 1. The van der Waals surface area contributed by atoms with E-state index in [1.807, 2.05) is 6.07 Å². The molecule has 2 rings (SSSR count). The van der Waals surface area contributed by atoms with Crippen LogP contribution in [0.3, 0.4) is 0 Å². The molecule has 0 saturated carbocycles. The summed E-state index contributed by atoms with van der Waals surface area (Å²) in [6.07, 6.45) is 2.07.